The smallest absolute Gasteiger partial charge is 0.269 e. The van der Waals surface area contributed by atoms with E-state index in [4.69, 9.17) is 0 Å². The number of alkyl halides is 3. The van der Waals surface area contributed by atoms with Crippen molar-refractivity contribution in [2.75, 3.05) is 0 Å². The number of carbonyl (C=O) groups excluding carboxylic acids is 1. The van der Waals surface area contributed by atoms with Crippen molar-refractivity contribution in [3.05, 3.63) is 35.5 Å². The van der Waals surface area contributed by atoms with Crippen molar-refractivity contribution >= 4 is 15.9 Å². The van der Waals surface area contributed by atoms with Gasteiger partial charge < -0.3 is 0 Å². The average Bonchev–Trinajstić information content (AvgIpc) is 2.36. The van der Waals surface area contributed by atoms with Crippen LogP contribution in [-0.4, -0.2) is 19.3 Å². The lowest BCUT2D eigenvalue weighted by atomic mass is 10.3. The minimum Gasteiger partial charge on any atom is -0.269 e. The summed E-state index contributed by atoms with van der Waals surface area (Å²) in [6.45, 7) is 2.93. The fourth-order valence-corrected chi connectivity index (χ4v) is 2.04. The Hall–Kier alpha value is -1.90. The lowest BCUT2D eigenvalue weighted by molar-refractivity contribution is -0.137. The number of carbonyl (C=O) groups is 1. The van der Waals surface area contributed by atoms with Crippen LogP contribution in [0.3, 0.4) is 0 Å². The first-order chi connectivity index (χ1) is 9.08. The van der Waals surface area contributed by atoms with Crippen LogP contribution in [-0.2, 0) is 21.0 Å². The van der Waals surface area contributed by atoms with Gasteiger partial charge in [-0.05, 0) is 26.0 Å². The van der Waals surface area contributed by atoms with Crippen LogP contribution in [0, 0.1) is 0 Å². The zero-order valence-electron chi connectivity index (χ0n) is 10.5. The molecule has 0 fully saturated rings. The van der Waals surface area contributed by atoms with Gasteiger partial charge in [0, 0.05) is 11.8 Å². The lowest BCUT2D eigenvalue weighted by Gasteiger charge is -2.08. The highest BCUT2D eigenvalue weighted by Gasteiger charge is 2.31. The maximum Gasteiger partial charge on any atom is 0.417 e. The van der Waals surface area contributed by atoms with Gasteiger partial charge in [-0.3, -0.25) is 4.79 Å². The molecule has 0 unspecified atom stereocenters. The first-order valence-corrected chi connectivity index (χ1v) is 6.79. The summed E-state index contributed by atoms with van der Waals surface area (Å²) in [5, 5.41) is -0.664. The monoisotopic (exact) mass is 308 g/mol. The Bertz CT molecular complexity index is 634. The molecule has 20 heavy (non-hydrogen) atoms. The molecular formula is C11H11F3N2O3S. The zero-order valence-corrected chi connectivity index (χ0v) is 11.3. The molecule has 0 radical (unpaired) electrons. The predicted octanol–water partition coefficient (Wildman–Crippen LogP) is 1.87. The molecule has 1 heterocycles. The zero-order chi connectivity index (χ0) is 15.6. The van der Waals surface area contributed by atoms with Gasteiger partial charge in [0.15, 0.2) is 5.03 Å². The molecule has 0 aliphatic rings. The number of amides is 1. The molecule has 0 aliphatic carbocycles. The van der Waals surface area contributed by atoms with Crippen molar-refractivity contribution in [1.82, 2.24) is 9.71 Å². The molecule has 0 spiro atoms. The summed E-state index contributed by atoms with van der Waals surface area (Å²) >= 11 is 0. The molecule has 1 N–H and O–H groups in total. The number of nitrogens with one attached hydrogen (secondary N) is 1. The van der Waals surface area contributed by atoms with Crippen LogP contribution in [0.25, 0.3) is 0 Å². The van der Waals surface area contributed by atoms with E-state index in [1.54, 1.807) is 4.72 Å². The maximum absolute atomic E-state index is 12.3. The normalized spacial score (nSPS) is 13.2. The van der Waals surface area contributed by atoms with Crippen molar-refractivity contribution in [3.63, 3.8) is 0 Å². The summed E-state index contributed by atoms with van der Waals surface area (Å²) in [6.07, 6.45) is -2.83. The van der Waals surface area contributed by atoms with Gasteiger partial charge in [-0.25, -0.2) is 9.71 Å². The minimum absolute atomic E-state index is 0.153. The van der Waals surface area contributed by atoms with E-state index >= 15 is 0 Å². The van der Waals surface area contributed by atoms with Gasteiger partial charge in [0.1, 0.15) is 0 Å². The Kier molecular flexibility index (Phi) is 4.53. The van der Waals surface area contributed by atoms with E-state index in [9.17, 15) is 26.4 Å². The number of sulfonamides is 1. The van der Waals surface area contributed by atoms with E-state index in [2.05, 4.69) is 4.98 Å². The number of nitrogens with zero attached hydrogens (tertiary/aromatic N) is 1. The summed E-state index contributed by atoms with van der Waals surface area (Å²) < 4.78 is 62.1. The summed E-state index contributed by atoms with van der Waals surface area (Å²) in [6, 6.07) is 1.26. The third-order valence-corrected chi connectivity index (χ3v) is 3.60. The van der Waals surface area contributed by atoms with Crippen molar-refractivity contribution in [3.8, 4) is 0 Å². The van der Waals surface area contributed by atoms with Crippen LogP contribution in [0.2, 0.25) is 0 Å². The van der Waals surface area contributed by atoms with E-state index in [-0.39, 0.29) is 5.57 Å². The fourth-order valence-electron chi connectivity index (χ4n) is 1.09. The fraction of sp³-hybridized carbons (Fsp3) is 0.273. The second-order valence-corrected chi connectivity index (χ2v) is 5.42. The van der Waals surface area contributed by atoms with Gasteiger partial charge in [0.25, 0.3) is 15.9 Å². The lowest BCUT2D eigenvalue weighted by Crippen LogP contribution is -2.31. The van der Waals surface area contributed by atoms with Gasteiger partial charge in [-0.2, -0.15) is 21.6 Å². The Balaban J connectivity index is 3.03. The maximum atomic E-state index is 12.3. The second-order valence-electron chi connectivity index (χ2n) is 3.79. The highest BCUT2D eigenvalue weighted by atomic mass is 32.2. The van der Waals surface area contributed by atoms with Gasteiger partial charge in [-0.15, -0.1) is 0 Å². The van der Waals surface area contributed by atoms with Crippen LogP contribution < -0.4 is 4.72 Å². The van der Waals surface area contributed by atoms with Crippen LogP contribution in [0.15, 0.2) is 35.0 Å². The molecule has 0 bridgehead atoms. The van der Waals surface area contributed by atoms with Gasteiger partial charge in [0.2, 0.25) is 0 Å². The van der Waals surface area contributed by atoms with E-state index < -0.39 is 32.7 Å². The molecule has 1 rings (SSSR count). The number of rotatable bonds is 3. The second kappa shape index (κ2) is 5.61. The average molecular weight is 308 g/mol. The molecule has 9 heteroatoms. The van der Waals surface area contributed by atoms with Crippen molar-refractivity contribution in [2.45, 2.75) is 25.0 Å². The van der Waals surface area contributed by atoms with Crippen LogP contribution >= 0.6 is 0 Å². The first-order valence-electron chi connectivity index (χ1n) is 5.31. The SMILES string of the molecule is C/C=C(\C)C(=O)NS(=O)(=O)c1ccc(C(F)(F)F)cn1. The molecule has 5 nitrogen and oxygen atoms in total. The number of hydrogen-bond donors (Lipinski definition) is 1. The van der Waals surface area contributed by atoms with E-state index in [1.807, 2.05) is 0 Å². The number of allylic oxidation sites excluding steroid dienone is 1. The Morgan fingerprint density at radius 2 is 1.95 bits per heavy atom. The predicted molar refractivity (Wildman–Crippen MR) is 64.0 cm³/mol. The summed E-state index contributed by atoms with van der Waals surface area (Å²) in [7, 11) is -4.30. The minimum atomic E-state index is -4.61. The molecule has 1 amide bonds. The first kappa shape index (κ1) is 16.2. The van der Waals surface area contributed by atoms with Gasteiger partial charge in [0.05, 0.1) is 5.56 Å². The Morgan fingerprint density at radius 3 is 2.35 bits per heavy atom. The Labute approximate surface area is 113 Å². The van der Waals surface area contributed by atoms with Crippen molar-refractivity contribution < 1.29 is 26.4 Å². The topological polar surface area (TPSA) is 76.1 Å². The summed E-state index contributed by atoms with van der Waals surface area (Å²) in [5.41, 5.74) is -0.923. The number of hydrogen-bond acceptors (Lipinski definition) is 4. The molecule has 0 atom stereocenters. The Morgan fingerprint density at radius 1 is 1.35 bits per heavy atom. The quantitative estimate of drug-likeness (QED) is 0.865. The molecular weight excluding hydrogens is 297 g/mol. The largest absolute Gasteiger partial charge is 0.417 e. The molecule has 110 valence electrons. The highest BCUT2D eigenvalue weighted by Crippen LogP contribution is 2.28. The summed E-state index contributed by atoms with van der Waals surface area (Å²) in [4.78, 5) is 14.6. The third-order valence-electron chi connectivity index (χ3n) is 2.36. The van der Waals surface area contributed by atoms with E-state index in [0.29, 0.717) is 18.3 Å². The summed E-state index contributed by atoms with van der Waals surface area (Å²) in [5.74, 6) is -0.866. The van der Waals surface area contributed by atoms with Crippen LogP contribution in [0.4, 0.5) is 13.2 Å². The van der Waals surface area contributed by atoms with Gasteiger partial charge in [-0.1, -0.05) is 6.08 Å². The van der Waals surface area contributed by atoms with E-state index in [1.165, 1.54) is 19.9 Å². The van der Waals surface area contributed by atoms with Crippen LogP contribution in [0.5, 0.6) is 0 Å². The third kappa shape index (κ3) is 3.80. The van der Waals surface area contributed by atoms with Crippen LogP contribution in [0.1, 0.15) is 19.4 Å². The van der Waals surface area contributed by atoms with Gasteiger partial charge >= 0.3 is 6.18 Å². The number of pyridine rings is 1. The highest BCUT2D eigenvalue weighted by molar-refractivity contribution is 7.90. The molecule has 1 aromatic rings. The van der Waals surface area contributed by atoms with Crippen molar-refractivity contribution in [2.24, 2.45) is 0 Å². The molecule has 0 saturated carbocycles. The molecule has 0 aliphatic heterocycles. The number of halogens is 3. The van der Waals surface area contributed by atoms with E-state index in [0.717, 1.165) is 0 Å². The molecule has 0 aromatic carbocycles. The molecule has 1 aromatic heterocycles. The molecule has 0 saturated heterocycles. The number of aromatic nitrogens is 1. The standard InChI is InChI=1S/C11H11F3N2O3S/c1-3-7(2)10(17)16-20(18,19)9-5-4-8(6-15-9)11(12,13)14/h3-6H,1-2H3,(H,16,17)/b7-3+. The van der Waals surface area contributed by atoms with Crippen molar-refractivity contribution in [1.29, 1.82) is 0 Å².